The number of nitrogens with zero attached hydrogens (tertiary/aromatic N) is 2. The molecule has 0 bridgehead atoms. The molecule has 1 aromatic heterocycles. The Balaban J connectivity index is 1.33. The number of carbonyl (C=O) groups excluding carboxylic acids is 1. The normalized spacial score (nSPS) is 38.2. The van der Waals surface area contributed by atoms with Crippen molar-refractivity contribution in [3.63, 3.8) is 0 Å². The zero-order valence-corrected chi connectivity index (χ0v) is 22.4. The average Bonchev–Trinajstić information content (AvgIpc) is 3.38. The highest BCUT2D eigenvalue weighted by molar-refractivity contribution is 7.98. The number of esters is 1. The third-order valence-electron chi connectivity index (χ3n) is 10.3. The Bertz CT molecular complexity index is 1260. The number of rotatable bonds is 4. The van der Waals surface area contributed by atoms with Crippen LogP contribution in [0.5, 0.6) is 0 Å². The van der Waals surface area contributed by atoms with Crippen molar-refractivity contribution >= 4 is 23.8 Å². The number of aromatic nitrogens is 2. The van der Waals surface area contributed by atoms with Gasteiger partial charge in [0, 0.05) is 5.41 Å². The number of benzene rings is 1. The largest absolute Gasteiger partial charge is 0.452 e. The highest BCUT2D eigenvalue weighted by Gasteiger charge is 2.69. The molecule has 0 spiro atoms. The van der Waals surface area contributed by atoms with Crippen LogP contribution in [-0.4, -0.2) is 49.9 Å². The lowest BCUT2D eigenvalue weighted by atomic mass is 9.45. The first-order valence-corrected chi connectivity index (χ1v) is 14.6. The Labute approximate surface area is 221 Å². The first kappa shape index (κ1) is 25.1. The SMILES string of the molecule is CSCOC(=O)[C@@]1(O)CC[C@H]2[C@@H]3CCC4=Cc5c(cnn5-c5ccc(F)cc5)C[C@]4(C)[C@H]3[C@@H](O)C[C@@]21C. The van der Waals surface area contributed by atoms with Gasteiger partial charge in [-0.05, 0) is 104 Å². The number of thioether (sulfide) groups is 1. The molecule has 0 amide bonds. The third-order valence-corrected chi connectivity index (χ3v) is 10.6. The molecule has 4 aliphatic rings. The summed E-state index contributed by atoms with van der Waals surface area (Å²) in [7, 11) is 0. The van der Waals surface area contributed by atoms with Crippen molar-refractivity contribution in [2.45, 2.75) is 64.1 Å². The number of carbonyl (C=O) groups is 1. The van der Waals surface area contributed by atoms with E-state index in [9.17, 15) is 19.4 Å². The quantitative estimate of drug-likeness (QED) is 0.442. The van der Waals surface area contributed by atoms with Crippen LogP contribution in [0.1, 0.15) is 57.2 Å². The van der Waals surface area contributed by atoms with Crippen LogP contribution >= 0.6 is 11.8 Å². The summed E-state index contributed by atoms with van der Waals surface area (Å²) < 4.78 is 20.8. The molecule has 7 atom stereocenters. The van der Waals surface area contributed by atoms with E-state index in [-0.39, 0.29) is 34.9 Å². The van der Waals surface area contributed by atoms with Crippen LogP contribution in [0.25, 0.3) is 11.8 Å². The van der Waals surface area contributed by atoms with Gasteiger partial charge in [-0.1, -0.05) is 19.4 Å². The van der Waals surface area contributed by atoms with E-state index in [0.29, 0.717) is 12.8 Å². The van der Waals surface area contributed by atoms with E-state index in [4.69, 9.17) is 4.74 Å². The second kappa shape index (κ2) is 8.68. The first-order chi connectivity index (χ1) is 17.6. The summed E-state index contributed by atoms with van der Waals surface area (Å²) in [4.78, 5) is 13.0. The van der Waals surface area contributed by atoms with Gasteiger partial charge >= 0.3 is 5.97 Å². The third kappa shape index (κ3) is 3.51. The maximum Gasteiger partial charge on any atom is 0.339 e. The van der Waals surface area contributed by atoms with Gasteiger partial charge in [0.1, 0.15) is 11.8 Å². The Hall–Kier alpha value is -2.16. The summed E-state index contributed by atoms with van der Waals surface area (Å²) in [5.74, 6) is -0.199. The molecular formula is C29H35FN2O4S. The van der Waals surface area contributed by atoms with Crippen LogP contribution < -0.4 is 0 Å². The van der Waals surface area contributed by atoms with Gasteiger partial charge < -0.3 is 14.9 Å². The van der Waals surface area contributed by atoms with Gasteiger partial charge in [0.15, 0.2) is 5.60 Å². The van der Waals surface area contributed by atoms with Crippen LogP contribution in [0, 0.1) is 34.4 Å². The molecule has 6 nitrogen and oxygen atoms in total. The maximum absolute atomic E-state index is 13.5. The van der Waals surface area contributed by atoms with Crippen molar-refractivity contribution < 1.29 is 24.1 Å². The number of allylic oxidation sites excluding steroid dienone is 1. The summed E-state index contributed by atoms with van der Waals surface area (Å²) in [6.07, 6.45) is 9.48. The van der Waals surface area contributed by atoms with Crippen molar-refractivity contribution in [3.8, 4) is 5.69 Å². The predicted octanol–water partition coefficient (Wildman–Crippen LogP) is 4.76. The van der Waals surface area contributed by atoms with Gasteiger partial charge in [-0.3, -0.25) is 0 Å². The molecule has 1 aromatic carbocycles. The van der Waals surface area contributed by atoms with Gasteiger partial charge in [-0.2, -0.15) is 5.10 Å². The van der Waals surface area contributed by atoms with E-state index in [2.05, 4.69) is 18.1 Å². The minimum Gasteiger partial charge on any atom is -0.452 e. The van der Waals surface area contributed by atoms with E-state index >= 15 is 0 Å². The Morgan fingerprint density at radius 1 is 1.27 bits per heavy atom. The van der Waals surface area contributed by atoms with Gasteiger partial charge in [0.2, 0.25) is 0 Å². The van der Waals surface area contributed by atoms with Crippen LogP contribution in [0.2, 0.25) is 0 Å². The van der Waals surface area contributed by atoms with E-state index in [1.165, 1.54) is 29.5 Å². The second-order valence-electron chi connectivity index (χ2n) is 12.0. The molecule has 6 rings (SSSR count). The van der Waals surface area contributed by atoms with Gasteiger partial charge in [0.25, 0.3) is 0 Å². The second-order valence-corrected chi connectivity index (χ2v) is 12.8. The smallest absolute Gasteiger partial charge is 0.339 e. The van der Waals surface area contributed by atoms with Crippen LogP contribution in [-0.2, 0) is 16.0 Å². The zero-order valence-electron chi connectivity index (χ0n) is 21.6. The standard InChI is InChI=1S/C29H35FN2O4S/c1-27-13-17-15-31-32(20-7-5-19(30)6-8-20)23(17)12-18(27)4-9-21-22-10-11-29(35,26(34)36-16-37-3)28(22,2)14-24(33)25(21)27/h5-8,12,15,21-22,24-25,33,35H,4,9-11,13-14,16H2,1-3H3/t21-,22-,24-,25+,27-,28-,29-/m0/s1. The lowest BCUT2D eigenvalue weighted by molar-refractivity contribution is -0.197. The molecule has 2 aromatic rings. The Morgan fingerprint density at radius 2 is 2.03 bits per heavy atom. The summed E-state index contributed by atoms with van der Waals surface area (Å²) in [5, 5.41) is 28.0. The number of hydrogen-bond acceptors (Lipinski definition) is 6. The number of fused-ring (bicyclic) bond motifs is 6. The molecular weight excluding hydrogens is 491 g/mol. The minimum absolute atomic E-state index is 0.0393. The number of ether oxygens (including phenoxy) is 1. The van der Waals surface area contributed by atoms with Crippen LogP contribution in [0.15, 0.2) is 36.0 Å². The van der Waals surface area contributed by atoms with Crippen molar-refractivity contribution in [2.24, 2.45) is 28.6 Å². The van der Waals surface area contributed by atoms with Gasteiger partial charge in [-0.15, -0.1) is 11.8 Å². The fourth-order valence-corrected chi connectivity index (χ4v) is 8.77. The number of aliphatic hydroxyl groups is 2. The van der Waals surface area contributed by atoms with Crippen molar-refractivity contribution in [1.82, 2.24) is 9.78 Å². The van der Waals surface area contributed by atoms with E-state index in [1.807, 2.05) is 24.1 Å². The highest BCUT2D eigenvalue weighted by Crippen LogP contribution is 2.67. The minimum atomic E-state index is -1.56. The molecule has 8 heteroatoms. The number of halogens is 1. The van der Waals surface area contributed by atoms with Gasteiger partial charge in [0.05, 0.1) is 23.7 Å². The molecule has 4 aliphatic carbocycles. The van der Waals surface area contributed by atoms with E-state index in [0.717, 1.165) is 42.6 Å². The van der Waals surface area contributed by atoms with Crippen LogP contribution in [0.3, 0.4) is 0 Å². The fraction of sp³-hybridized carbons (Fsp3) is 0.586. The molecule has 0 saturated heterocycles. The Kier molecular flexibility index (Phi) is 5.90. The lowest BCUT2D eigenvalue weighted by Gasteiger charge is -2.60. The zero-order chi connectivity index (χ0) is 26.2. The van der Waals surface area contributed by atoms with Gasteiger partial charge in [-0.25, -0.2) is 13.9 Å². The summed E-state index contributed by atoms with van der Waals surface area (Å²) in [6.45, 7) is 4.26. The monoisotopic (exact) mass is 526 g/mol. The molecule has 1 heterocycles. The lowest BCUT2D eigenvalue weighted by Crippen LogP contribution is -2.62. The number of hydrogen-bond donors (Lipinski definition) is 2. The molecule has 37 heavy (non-hydrogen) atoms. The summed E-state index contributed by atoms with van der Waals surface area (Å²) in [6, 6.07) is 6.37. The fourth-order valence-electron chi connectivity index (χ4n) is 8.54. The van der Waals surface area contributed by atoms with E-state index in [1.54, 1.807) is 12.1 Å². The molecule has 3 fully saturated rings. The van der Waals surface area contributed by atoms with E-state index < -0.39 is 23.1 Å². The molecule has 3 saturated carbocycles. The van der Waals surface area contributed by atoms with Crippen molar-refractivity contribution in [1.29, 1.82) is 0 Å². The topological polar surface area (TPSA) is 84.6 Å². The average molecular weight is 527 g/mol. The highest BCUT2D eigenvalue weighted by atomic mass is 32.2. The summed E-state index contributed by atoms with van der Waals surface area (Å²) >= 11 is 1.41. The first-order valence-electron chi connectivity index (χ1n) is 13.2. The molecule has 2 N–H and O–H groups in total. The molecule has 0 unspecified atom stereocenters. The molecule has 198 valence electrons. The molecule has 0 aliphatic heterocycles. The van der Waals surface area contributed by atoms with Crippen LogP contribution in [0.4, 0.5) is 4.39 Å². The molecule has 0 radical (unpaired) electrons. The maximum atomic E-state index is 13.5. The van der Waals surface area contributed by atoms with Crippen molar-refractivity contribution in [3.05, 3.63) is 53.1 Å². The number of aliphatic hydroxyl groups excluding tert-OH is 1. The predicted molar refractivity (Wildman–Crippen MR) is 140 cm³/mol. The Morgan fingerprint density at radius 3 is 2.76 bits per heavy atom. The van der Waals surface area contributed by atoms with Crippen molar-refractivity contribution in [2.75, 3.05) is 12.2 Å². The summed E-state index contributed by atoms with van der Waals surface area (Å²) in [5.41, 5.74) is 1.79.